The molecule has 0 aliphatic carbocycles. The van der Waals surface area contributed by atoms with Crippen molar-refractivity contribution in [3.05, 3.63) is 53.9 Å². The van der Waals surface area contributed by atoms with Gasteiger partial charge in [0.1, 0.15) is 11.4 Å². The summed E-state index contributed by atoms with van der Waals surface area (Å²) >= 11 is 6.17. The van der Waals surface area contributed by atoms with E-state index in [1.165, 1.54) is 0 Å². The molecule has 0 atom stereocenters. The third-order valence-corrected chi connectivity index (χ3v) is 3.82. The van der Waals surface area contributed by atoms with Crippen molar-refractivity contribution in [1.82, 2.24) is 9.38 Å². The van der Waals surface area contributed by atoms with E-state index in [2.05, 4.69) is 17.4 Å². The topological polar surface area (TPSA) is 26.5 Å². The molecule has 1 aromatic carbocycles. The third-order valence-electron chi connectivity index (χ3n) is 3.57. The fourth-order valence-electron chi connectivity index (χ4n) is 2.58. The summed E-state index contributed by atoms with van der Waals surface area (Å²) in [7, 11) is 0. The molecule has 3 aromatic rings. The minimum absolute atomic E-state index is 0.169. The van der Waals surface area contributed by atoms with E-state index in [9.17, 15) is 0 Å². The van der Waals surface area contributed by atoms with Crippen molar-refractivity contribution < 1.29 is 4.74 Å². The van der Waals surface area contributed by atoms with Crippen LogP contribution in [0, 0.1) is 6.92 Å². The van der Waals surface area contributed by atoms with Crippen LogP contribution in [-0.2, 0) is 5.88 Å². The molecule has 0 aliphatic heterocycles. The number of halogens is 1. The van der Waals surface area contributed by atoms with E-state index in [0.29, 0.717) is 5.88 Å². The Bertz CT molecular complexity index is 791. The van der Waals surface area contributed by atoms with Crippen molar-refractivity contribution in [2.75, 3.05) is 0 Å². The molecule has 0 N–H and O–H groups in total. The van der Waals surface area contributed by atoms with Crippen molar-refractivity contribution in [3.8, 4) is 17.0 Å². The minimum atomic E-state index is 0.169. The number of aromatic nitrogens is 2. The van der Waals surface area contributed by atoms with Gasteiger partial charge in [0.15, 0.2) is 0 Å². The second-order valence-electron chi connectivity index (χ2n) is 5.62. The first-order valence-electron chi connectivity index (χ1n) is 7.39. The Morgan fingerprint density at radius 3 is 2.55 bits per heavy atom. The molecule has 0 saturated heterocycles. The predicted octanol–water partition coefficient (Wildman–Crippen LogP) is 4.84. The quantitative estimate of drug-likeness (QED) is 0.644. The minimum Gasteiger partial charge on any atom is -0.491 e. The molecular weight excluding hydrogens is 296 g/mol. The van der Waals surface area contributed by atoms with Crippen molar-refractivity contribution >= 4 is 17.2 Å². The van der Waals surface area contributed by atoms with Crippen LogP contribution < -0.4 is 4.74 Å². The van der Waals surface area contributed by atoms with Crippen LogP contribution in [0.4, 0.5) is 0 Å². The van der Waals surface area contributed by atoms with E-state index in [1.807, 2.05) is 50.4 Å². The van der Waals surface area contributed by atoms with Gasteiger partial charge in [0, 0.05) is 11.8 Å². The molecule has 0 radical (unpaired) electrons. The summed E-state index contributed by atoms with van der Waals surface area (Å²) in [5.41, 5.74) is 5.09. The fourth-order valence-corrected chi connectivity index (χ4v) is 2.83. The van der Waals surface area contributed by atoms with Crippen molar-refractivity contribution in [1.29, 1.82) is 0 Å². The molecule has 2 heterocycles. The summed E-state index contributed by atoms with van der Waals surface area (Å²) in [6, 6.07) is 12.1. The smallest absolute Gasteiger partial charge is 0.140 e. The molecule has 0 unspecified atom stereocenters. The summed E-state index contributed by atoms with van der Waals surface area (Å²) < 4.78 is 7.75. The van der Waals surface area contributed by atoms with Crippen LogP contribution in [0.2, 0.25) is 0 Å². The zero-order valence-electron chi connectivity index (χ0n) is 13.0. The highest BCUT2D eigenvalue weighted by atomic mass is 35.5. The molecule has 2 aromatic heterocycles. The molecule has 0 bridgehead atoms. The number of imidazole rings is 1. The second-order valence-corrected chi connectivity index (χ2v) is 5.88. The Morgan fingerprint density at radius 2 is 1.91 bits per heavy atom. The van der Waals surface area contributed by atoms with Crippen LogP contribution in [0.1, 0.15) is 25.1 Å². The standard InChI is InChI=1S/C18H19ClN2O/c1-12(2)22-15-8-6-14(7-9-15)17-16(11-19)21-10-4-5-13(3)18(21)20-17/h4-10,12H,11H2,1-3H3. The van der Waals surface area contributed by atoms with Gasteiger partial charge in [-0.3, -0.25) is 0 Å². The Hall–Kier alpha value is -2.00. The molecule has 3 rings (SSSR count). The molecule has 0 saturated carbocycles. The largest absolute Gasteiger partial charge is 0.491 e. The van der Waals surface area contributed by atoms with Gasteiger partial charge in [0.2, 0.25) is 0 Å². The maximum absolute atomic E-state index is 6.17. The van der Waals surface area contributed by atoms with Crippen LogP contribution in [0.3, 0.4) is 0 Å². The maximum Gasteiger partial charge on any atom is 0.140 e. The Labute approximate surface area is 135 Å². The lowest BCUT2D eigenvalue weighted by molar-refractivity contribution is 0.242. The molecule has 0 spiro atoms. The molecule has 22 heavy (non-hydrogen) atoms. The van der Waals surface area contributed by atoms with Gasteiger partial charge in [-0.1, -0.05) is 6.07 Å². The number of pyridine rings is 1. The van der Waals surface area contributed by atoms with Crippen molar-refractivity contribution in [2.24, 2.45) is 0 Å². The first-order chi connectivity index (χ1) is 10.6. The summed E-state index contributed by atoms with van der Waals surface area (Å²) in [6.07, 6.45) is 2.18. The van der Waals surface area contributed by atoms with Gasteiger partial charge in [-0.15, -0.1) is 11.6 Å². The molecule has 4 heteroatoms. The molecule has 114 valence electrons. The van der Waals surface area contributed by atoms with Gasteiger partial charge in [0.25, 0.3) is 0 Å². The number of rotatable bonds is 4. The summed E-state index contributed by atoms with van der Waals surface area (Å²) in [6.45, 7) is 6.10. The maximum atomic E-state index is 6.17. The summed E-state index contributed by atoms with van der Waals surface area (Å²) in [5.74, 6) is 1.29. The lowest BCUT2D eigenvalue weighted by atomic mass is 10.1. The van der Waals surface area contributed by atoms with Crippen LogP contribution in [0.5, 0.6) is 5.75 Å². The number of nitrogens with zero attached hydrogens (tertiary/aromatic N) is 2. The summed E-state index contributed by atoms with van der Waals surface area (Å²) in [5, 5.41) is 0. The average Bonchev–Trinajstić information content (AvgIpc) is 2.87. The van der Waals surface area contributed by atoms with Crippen LogP contribution in [0.25, 0.3) is 16.9 Å². The molecule has 0 fully saturated rings. The average molecular weight is 315 g/mol. The van der Waals surface area contributed by atoms with E-state index in [-0.39, 0.29) is 6.10 Å². The number of ether oxygens (including phenoxy) is 1. The molecule has 0 amide bonds. The SMILES string of the molecule is Cc1cccn2c(CCl)c(-c3ccc(OC(C)C)cc3)nc12. The fraction of sp³-hybridized carbons (Fsp3) is 0.278. The number of fused-ring (bicyclic) bond motifs is 1. The zero-order chi connectivity index (χ0) is 15.7. The zero-order valence-corrected chi connectivity index (χ0v) is 13.8. The highest BCUT2D eigenvalue weighted by Gasteiger charge is 2.14. The van der Waals surface area contributed by atoms with Crippen molar-refractivity contribution in [3.63, 3.8) is 0 Å². The van der Waals surface area contributed by atoms with Crippen molar-refractivity contribution in [2.45, 2.75) is 32.8 Å². The molecular formula is C18H19ClN2O. The lowest BCUT2D eigenvalue weighted by Crippen LogP contribution is -2.05. The van der Waals surface area contributed by atoms with Crippen LogP contribution in [-0.4, -0.2) is 15.5 Å². The first-order valence-corrected chi connectivity index (χ1v) is 7.93. The highest BCUT2D eigenvalue weighted by Crippen LogP contribution is 2.28. The number of aryl methyl sites for hydroxylation is 1. The van der Waals surface area contributed by atoms with Gasteiger partial charge < -0.3 is 9.14 Å². The normalized spacial score (nSPS) is 11.3. The number of hydrogen-bond acceptors (Lipinski definition) is 2. The van der Waals surface area contributed by atoms with E-state index >= 15 is 0 Å². The summed E-state index contributed by atoms with van der Waals surface area (Å²) in [4.78, 5) is 4.78. The highest BCUT2D eigenvalue weighted by molar-refractivity contribution is 6.17. The Morgan fingerprint density at radius 1 is 1.18 bits per heavy atom. The van der Waals surface area contributed by atoms with E-state index in [0.717, 1.165) is 33.9 Å². The van der Waals surface area contributed by atoms with Gasteiger partial charge in [0.05, 0.1) is 23.4 Å². The number of hydrogen-bond donors (Lipinski definition) is 0. The lowest BCUT2D eigenvalue weighted by Gasteiger charge is -2.09. The van der Waals surface area contributed by atoms with Gasteiger partial charge in [-0.2, -0.15) is 0 Å². The second kappa shape index (κ2) is 6.01. The van der Waals surface area contributed by atoms with Crippen LogP contribution >= 0.6 is 11.6 Å². The third kappa shape index (κ3) is 2.69. The number of benzene rings is 1. The van der Waals surface area contributed by atoms with Gasteiger partial charge in [-0.05, 0) is 56.7 Å². The monoisotopic (exact) mass is 314 g/mol. The van der Waals surface area contributed by atoms with E-state index < -0.39 is 0 Å². The predicted molar refractivity (Wildman–Crippen MR) is 90.7 cm³/mol. The van der Waals surface area contributed by atoms with E-state index in [4.69, 9.17) is 21.3 Å². The van der Waals surface area contributed by atoms with E-state index in [1.54, 1.807) is 0 Å². The van der Waals surface area contributed by atoms with Gasteiger partial charge in [-0.25, -0.2) is 4.98 Å². The first kappa shape index (κ1) is 14.9. The number of alkyl halides is 1. The van der Waals surface area contributed by atoms with Gasteiger partial charge >= 0.3 is 0 Å². The molecule has 0 aliphatic rings. The Balaban J connectivity index is 2.07. The Kier molecular flexibility index (Phi) is 4.08. The van der Waals surface area contributed by atoms with Crippen LogP contribution in [0.15, 0.2) is 42.6 Å². The molecule has 3 nitrogen and oxygen atoms in total.